The van der Waals surface area contributed by atoms with Gasteiger partial charge in [0.05, 0.1) is 34.2 Å². The Balaban J connectivity index is 2.49. The van der Waals surface area contributed by atoms with E-state index in [1.807, 2.05) is 27.7 Å². The highest BCUT2D eigenvalue weighted by Gasteiger charge is 2.55. The molecule has 52 heavy (non-hydrogen) atoms. The van der Waals surface area contributed by atoms with Gasteiger partial charge in [0.1, 0.15) is 12.2 Å². The SMILES string of the molecule is [2H]c1c([2H])c([2H])c(C(C)[C@](C)(NC(=O)O[C@H]2CC(C)OC2C)[C@H](OP(=O)(O)O)C(C)N(C(C)(C)C(CC)C(C)C)S(=O)(=O)c2ccc(N)c(C)c2C)c(C)c1[2H]. The van der Waals surface area contributed by atoms with Crippen molar-refractivity contribution < 1.29 is 47.0 Å². The van der Waals surface area contributed by atoms with Crippen LogP contribution in [0.15, 0.2) is 41.2 Å². The van der Waals surface area contributed by atoms with Gasteiger partial charge in [-0.3, -0.25) is 4.52 Å². The fraction of sp³-hybridized carbons (Fsp3) is 0.658. The third-order valence-electron chi connectivity index (χ3n) is 11.1. The molecule has 294 valence electrons. The average molecular weight is 772 g/mol. The van der Waals surface area contributed by atoms with Crippen molar-refractivity contribution in [3.63, 3.8) is 0 Å². The van der Waals surface area contributed by atoms with Crippen molar-refractivity contribution in [1.82, 2.24) is 9.62 Å². The summed E-state index contributed by atoms with van der Waals surface area (Å²) in [6.07, 6.45) is -3.47. The number of hydrogen-bond acceptors (Lipinski definition) is 8. The summed E-state index contributed by atoms with van der Waals surface area (Å²) in [5.41, 5.74) is 4.26. The monoisotopic (exact) mass is 771 g/mol. The van der Waals surface area contributed by atoms with E-state index in [0.29, 0.717) is 29.7 Å². The normalized spacial score (nSPS) is 23.2. The van der Waals surface area contributed by atoms with Crippen LogP contribution in [0.2, 0.25) is 0 Å². The lowest BCUT2D eigenvalue weighted by atomic mass is 9.73. The fourth-order valence-corrected chi connectivity index (χ4v) is 11.3. The first kappa shape index (κ1) is 37.8. The highest BCUT2D eigenvalue weighted by atomic mass is 32.2. The maximum Gasteiger partial charge on any atom is 0.469 e. The molecule has 8 atom stereocenters. The summed E-state index contributed by atoms with van der Waals surface area (Å²) in [5, 5.41) is 2.78. The van der Waals surface area contributed by atoms with E-state index in [2.05, 4.69) is 5.32 Å². The number of phosphoric ester groups is 1. The number of alkyl carbamates (subject to hydrolysis) is 1. The van der Waals surface area contributed by atoms with Crippen molar-refractivity contribution in [2.75, 3.05) is 5.73 Å². The Morgan fingerprint density at radius 3 is 2.23 bits per heavy atom. The van der Waals surface area contributed by atoms with Crippen LogP contribution in [0.25, 0.3) is 0 Å². The minimum atomic E-state index is -5.54. The molecule has 3 rings (SSSR count). The first-order valence-corrected chi connectivity index (χ1v) is 20.8. The quantitative estimate of drug-likeness (QED) is 0.106. The van der Waals surface area contributed by atoms with E-state index in [4.69, 9.17) is 25.2 Å². The Bertz CT molecular complexity index is 1920. The molecule has 0 bridgehead atoms. The molecule has 1 aliphatic heterocycles. The van der Waals surface area contributed by atoms with Gasteiger partial charge in [-0.1, -0.05) is 58.3 Å². The largest absolute Gasteiger partial charge is 0.469 e. The number of sulfonamides is 1. The molecule has 12 nitrogen and oxygen atoms in total. The summed E-state index contributed by atoms with van der Waals surface area (Å²) in [7, 11) is -10.1. The Kier molecular flexibility index (Phi) is 12.0. The molecule has 1 saturated heterocycles. The second-order valence-corrected chi connectivity index (χ2v) is 18.3. The second kappa shape index (κ2) is 16.5. The van der Waals surface area contributed by atoms with Gasteiger partial charge in [-0.05, 0) is 109 Å². The third-order valence-corrected chi connectivity index (χ3v) is 13.9. The lowest BCUT2D eigenvalue weighted by molar-refractivity contribution is -0.0306. The molecule has 5 unspecified atom stereocenters. The maximum absolute atomic E-state index is 15.3. The van der Waals surface area contributed by atoms with Gasteiger partial charge in [0.15, 0.2) is 0 Å². The van der Waals surface area contributed by atoms with Crippen molar-refractivity contribution in [1.29, 1.82) is 0 Å². The van der Waals surface area contributed by atoms with Gasteiger partial charge in [-0.15, -0.1) is 0 Å². The van der Waals surface area contributed by atoms with Crippen LogP contribution < -0.4 is 11.1 Å². The fourth-order valence-electron chi connectivity index (χ4n) is 8.28. The number of nitrogen functional groups attached to an aromatic ring is 1. The number of hydrogen-bond donors (Lipinski definition) is 4. The van der Waals surface area contributed by atoms with E-state index in [-0.39, 0.29) is 40.0 Å². The van der Waals surface area contributed by atoms with Crippen LogP contribution in [0.3, 0.4) is 0 Å². The smallest absolute Gasteiger partial charge is 0.443 e. The first-order valence-electron chi connectivity index (χ1n) is 19.8. The first-order chi connectivity index (χ1) is 25.5. The number of ether oxygens (including phenoxy) is 2. The number of anilines is 1. The molecule has 1 aliphatic rings. The Labute approximate surface area is 317 Å². The molecule has 1 fully saturated rings. The molecule has 2 aromatic rings. The van der Waals surface area contributed by atoms with Gasteiger partial charge >= 0.3 is 13.9 Å². The van der Waals surface area contributed by atoms with Gasteiger partial charge in [0.2, 0.25) is 10.0 Å². The minimum Gasteiger partial charge on any atom is -0.443 e. The van der Waals surface area contributed by atoms with Crippen LogP contribution in [0.4, 0.5) is 10.5 Å². The van der Waals surface area contributed by atoms with E-state index in [1.54, 1.807) is 34.6 Å². The van der Waals surface area contributed by atoms with Gasteiger partial charge in [-0.25, -0.2) is 17.8 Å². The molecular weight excluding hydrogens is 705 g/mol. The maximum atomic E-state index is 15.3. The van der Waals surface area contributed by atoms with E-state index < -0.39 is 83.4 Å². The zero-order valence-electron chi connectivity index (χ0n) is 36.8. The molecule has 0 saturated carbocycles. The minimum absolute atomic E-state index is 0.0174. The third kappa shape index (κ3) is 9.22. The summed E-state index contributed by atoms with van der Waals surface area (Å²) < 4.78 is 96.6. The molecule has 1 amide bonds. The zero-order valence-corrected chi connectivity index (χ0v) is 34.5. The summed E-state index contributed by atoms with van der Waals surface area (Å²) in [5.74, 6) is -1.61. The highest BCUT2D eigenvalue weighted by molar-refractivity contribution is 7.89. The molecule has 14 heteroatoms. The molecule has 1 heterocycles. The van der Waals surface area contributed by atoms with Crippen molar-refractivity contribution in [3.05, 3.63) is 58.6 Å². The van der Waals surface area contributed by atoms with Gasteiger partial charge < -0.3 is 30.3 Å². The van der Waals surface area contributed by atoms with Crippen LogP contribution in [-0.4, -0.2) is 70.1 Å². The summed E-state index contributed by atoms with van der Waals surface area (Å²) in [4.78, 5) is 35.2. The number of carbonyl (C=O) groups is 1. The number of benzene rings is 2. The zero-order chi connectivity index (χ0) is 43.2. The van der Waals surface area contributed by atoms with E-state index in [1.165, 1.54) is 44.1 Å². The summed E-state index contributed by atoms with van der Waals surface area (Å²) in [6.45, 7) is 22.1. The van der Waals surface area contributed by atoms with Crippen LogP contribution >= 0.6 is 7.82 Å². The van der Waals surface area contributed by atoms with E-state index in [0.717, 1.165) is 0 Å². The molecule has 0 spiro atoms. The Morgan fingerprint density at radius 1 is 1.12 bits per heavy atom. The molecule has 0 aliphatic carbocycles. The number of nitrogens with zero attached hydrogens (tertiary/aromatic N) is 1. The predicted molar refractivity (Wildman–Crippen MR) is 204 cm³/mol. The lowest BCUT2D eigenvalue weighted by Gasteiger charge is -2.52. The van der Waals surface area contributed by atoms with Crippen LogP contribution in [0.1, 0.15) is 116 Å². The highest BCUT2D eigenvalue weighted by Crippen LogP contribution is 2.48. The standard InChI is InChI=1S/C38H62N3O9PS/c1-14-31(22(2)3)37(11,12)41(52(46,47)34-20-19-32(39)25(6)26(34)7)28(9)35(50-51(43,44)45)38(13,27(8)30-18-16-15-17-23(30)4)40-36(42)49-33-21-24(5)48-29(33)10/h15-20,22,24,27-29,31,33,35H,14,21,39H2,1-13H3,(H,40,42)(H2,43,44,45)/t24?,27?,28?,29?,31?,33-,35+,38-/m0/s1/i15D,16D,17D,18D. The van der Waals surface area contributed by atoms with Crippen molar-refractivity contribution in [2.24, 2.45) is 11.8 Å². The summed E-state index contributed by atoms with van der Waals surface area (Å²) in [6, 6.07) is -0.470. The van der Waals surface area contributed by atoms with Crippen LogP contribution in [0.5, 0.6) is 0 Å². The summed E-state index contributed by atoms with van der Waals surface area (Å²) >= 11 is 0. The molecular formula is C38H62N3O9PS. The Hall–Kier alpha value is -2.51. The predicted octanol–water partition coefficient (Wildman–Crippen LogP) is 7.37. The number of amides is 1. The van der Waals surface area contributed by atoms with E-state index >= 15 is 8.42 Å². The molecule has 2 aromatic carbocycles. The van der Waals surface area contributed by atoms with E-state index in [9.17, 15) is 19.1 Å². The van der Waals surface area contributed by atoms with Gasteiger partial charge in [0, 0.05) is 23.6 Å². The molecule has 0 radical (unpaired) electrons. The van der Waals surface area contributed by atoms with Crippen LogP contribution in [0, 0.1) is 32.6 Å². The number of carbonyl (C=O) groups excluding carboxylic acids is 1. The molecule has 0 aromatic heterocycles. The number of phosphoric acid groups is 1. The lowest BCUT2D eigenvalue weighted by Crippen LogP contribution is -2.68. The average Bonchev–Trinajstić information content (AvgIpc) is 3.38. The van der Waals surface area contributed by atoms with Crippen molar-refractivity contribution in [2.45, 2.75) is 155 Å². The number of rotatable bonds is 15. The number of nitrogens with one attached hydrogen (secondary N) is 1. The number of nitrogens with two attached hydrogens (primary N) is 1. The van der Waals surface area contributed by atoms with Crippen LogP contribution in [-0.2, 0) is 28.6 Å². The second-order valence-electron chi connectivity index (χ2n) is 15.4. The Morgan fingerprint density at radius 2 is 1.71 bits per heavy atom. The van der Waals surface area contributed by atoms with Crippen molar-refractivity contribution >= 4 is 29.6 Å². The molecule has 5 N–H and O–H groups in total. The topological polar surface area (TPSA) is 178 Å². The van der Waals surface area contributed by atoms with Crippen molar-refractivity contribution in [3.8, 4) is 0 Å². The van der Waals surface area contributed by atoms with Gasteiger partial charge in [-0.2, -0.15) is 4.31 Å². The van der Waals surface area contributed by atoms with Gasteiger partial charge in [0.25, 0.3) is 0 Å².